The SMILES string of the molecule is COc1ccc(C(=O)Nc2ccc(Cl)cc2C(F)(F)F)cc1COc1cc(C)cc(C)c1. The number of carbonyl (C=O) groups excluding carboxylic acids is 1. The Kier molecular flexibility index (Phi) is 6.99. The highest BCUT2D eigenvalue weighted by Crippen LogP contribution is 2.36. The summed E-state index contributed by atoms with van der Waals surface area (Å²) in [7, 11) is 1.48. The number of rotatable bonds is 6. The number of halogens is 4. The lowest BCUT2D eigenvalue weighted by Crippen LogP contribution is -2.17. The third kappa shape index (κ3) is 5.73. The molecule has 0 unspecified atom stereocenters. The monoisotopic (exact) mass is 463 g/mol. The molecule has 1 amide bonds. The van der Waals surface area contributed by atoms with Gasteiger partial charge in [-0.3, -0.25) is 4.79 Å². The van der Waals surface area contributed by atoms with Gasteiger partial charge in [0.2, 0.25) is 0 Å². The number of methoxy groups -OCH3 is 1. The Bertz CT molecular complexity index is 1130. The molecule has 0 radical (unpaired) electrons. The Morgan fingerprint density at radius 2 is 1.69 bits per heavy atom. The van der Waals surface area contributed by atoms with Crippen LogP contribution in [0.2, 0.25) is 5.02 Å². The summed E-state index contributed by atoms with van der Waals surface area (Å²) < 4.78 is 51.1. The van der Waals surface area contributed by atoms with Crippen LogP contribution in [0.25, 0.3) is 0 Å². The summed E-state index contributed by atoms with van der Waals surface area (Å²) in [6, 6.07) is 13.5. The van der Waals surface area contributed by atoms with E-state index in [9.17, 15) is 18.0 Å². The number of hydrogen-bond acceptors (Lipinski definition) is 3. The zero-order valence-corrected chi connectivity index (χ0v) is 18.4. The quantitative estimate of drug-likeness (QED) is 0.436. The zero-order chi connectivity index (χ0) is 23.5. The van der Waals surface area contributed by atoms with Gasteiger partial charge >= 0.3 is 6.18 Å². The van der Waals surface area contributed by atoms with Gasteiger partial charge in [-0.15, -0.1) is 0 Å². The molecule has 168 valence electrons. The van der Waals surface area contributed by atoms with Gasteiger partial charge in [-0.1, -0.05) is 17.7 Å². The van der Waals surface area contributed by atoms with Gasteiger partial charge in [0.15, 0.2) is 0 Å². The van der Waals surface area contributed by atoms with E-state index in [1.807, 2.05) is 32.0 Å². The average Bonchev–Trinajstić information content (AvgIpc) is 2.71. The van der Waals surface area contributed by atoms with Crippen LogP contribution in [0.4, 0.5) is 18.9 Å². The Morgan fingerprint density at radius 1 is 1.00 bits per heavy atom. The molecule has 0 saturated carbocycles. The molecule has 3 rings (SSSR count). The molecule has 1 N–H and O–H groups in total. The van der Waals surface area contributed by atoms with Gasteiger partial charge in [-0.05, 0) is 73.5 Å². The van der Waals surface area contributed by atoms with Crippen molar-refractivity contribution in [2.45, 2.75) is 26.6 Å². The normalized spacial score (nSPS) is 11.2. The summed E-state index contributed by atoms with van der Waals surface area (Å²) in [5.41, 5.74) is 1.42. The minimum Gasteiger partial charge on any atom is -0.496 e. The van der Waals surface area contributed by atoms with E-state index in [0.29, 0.717) is 17.1 Å². The fourth-order valence-corrected chi connectivity index (χ4v) is 3.44. The van der Waals surface area contributed by atoms with Crippen molar-refractivity contribution >= 4 is 23.2 Å². The van der Waals surface area contributed by atoms with E-state index in [1.54, 1.807) is 6.07 Å². The highest BCUT2D eigenvalue weighted by atomic mass is 35.5. The second-order valence-corrected chi connectivity index (χ2v) is 7.72. The molecule has 3 aromatic rings. The van der Waals surface area contributed by atoms with Gasteiger partial charge < -0.3 is 14.8 Å². The van der Waals surface area contributed by atoms with Crippen molar-refractivity contribution in [3.63, 3.8) is 0 Å². The third-order valence-electron chi connectivity index (χ3n) is 4.67. The summed E-state index contributed by atoms with van der Waals surface area (Å²) in [6.45, 7) is 4.02. The zero-order valence-electron chi connectivity index (χ0n) is 17.6. The molecular weight excluding hydrogens is 443 g/mol. The van der Waals surface area contributed by atoms with E-state index < -0.39 is 17.6 Å². The molecule has 0 fully saturated rings. The van der Waals surface area contributed by atoms with Crippen LogP contribution in [0.15, 0.2) is 54.6 Å². The van der Waals surface area contributed by atoms with Crippen molar-refractivity contribution in [3.05, 3.63) is 87.4 Å². The molecule has 0 aromatic heterocycles. The third-order valence-corrected chi connectivity index (χ3v) is 4.90. The fraction of sp³-hybridized carbons (Fsp3) is 0.208. The Labute approximate surface area is 188 Å². The maximum Gasteiger partial charge on any atom is 0.418 e. The topological polar surface area (TPSA) is 47.6 Å². The van der Waals surface area contributed by atoms with Crippen LogP contribution in [0, 0.1) is 13.8 Å². The number of nitrogens with one attached hydrogen (secondary N) is 1. The van der Waals surface area contributed by atoms with Crippen molar-refractivity contribution < 1.29 is 27.4 Å². The maximum absolute atomic E-state index is 13.3. The number of ether oxygens (including phenoxy) is 2. The second-order valence-electron chi connectivity index (χ2n) is 7.28. The highest BCUT2D eigenvalue weighted by Gasteiger charge is 2.34. The minimum atomic E-state index is -4.67. The first kappa shape index (κ1) is 23.5. The molecule has 32 heavy (non-hydrogen) atoms. The predicted octanol–water partition coefficient (Wildman–Crippen LogP) is 6.82. The molecule has 0 bridgehead atoms. The van der Waals surface area contributed by atoms with Crippen molar-refractivity contribution in [2.24, 2.45) is 0 Å². The van der Waals surface area contributed by atoms with E-state index in [2.05, 4.69) is 5.32 Å². The van der Waals surface area contributed by atoms with Crippen LogP contribution in [0.1, 0.15) is 32.6 Å². The lowest BCUT2D eigenvalue weighted by molar-refractivity contribution is -0.136. The summed E-state index contributed by atoms with van der Waals surface area (Å²) in [5, 5.41) is 2.24. The molecule has 0 atom stereocenters. The second kappa shape index (κ2) is 9.53. The summed E-state index contributed by atoms with van der Waals surface area (Å²) >= 11 is 5.69. The highest BCUT2D eigenvalue weighted by molar-refractivity contribution is 6.30. The lowest BCUT2D eigenvalue weighted by Gasteiger charge is -2.15. The first-order valence-electron chi connectivity index (χ1n) is 9.63. The van der Waals surface area contributed by atoms with Crippen LogP contribution in [-0.2, 0) is 12.8 Å². The van der Waals surface area contributed by atoms with Crippen LogP contribution in [0.5, 0.6) is 11.5 Å². The van der Waals surface area contributed by atoms with E-state index in [-0.39, 0.29) is 22.9 Å². The number of amides is 1. The summed E-state index contributed by atoms with van der Waals surface area (Å²) in [6.07, 6.45) is -4.67. The van der Waals surface area contributed by atoms with Gasteiger partial charge in [0.05, 0.1) is 18.4 Å². The number of hydrogen-bond donors (Lipinski definition) is 1. The Hall–Kier alpha value is -3.19. The fourth-order valence-electron chi connectivity index (χ4n) is 3.26. The van der Waals surface area contributed by atoms with Crippen molar-refractivity contribution in [1.82, 2.24) is 0 Å². The molecule has 0 heterocycles. The first-order chi connectivity index (χ1) is 15.1. The van der Waals surface area contributed by atoms with Crippen molar-refractivity contribution in [1.29, 1.82) is 0 Å². The van der Waals surface area contributed by atoms with Gasteiger partial charge in [0.1, 0.15) is 18.1 Å². The molecule has 0 aliphatic heterocycles. The lowest BCUT2D eigenvalue weighted by atomic mass is 10.1. The van der Waals surface area contributed by atoms with Crippen LogP contribution < -0.4 is 14.8 Å². The maximum atomic E-state index is 13.3. The van der Waals surface area contributed by atoms with Gasteiger partial charge in [-0.25, -0.2) is 0 Å². The first-order valence-corrected chi connectivity index (χ1v) is 10.0. The van der Waals surface area contributed by atoms with Crippen LogP contribution in [-0.4, -0.2) is 13.0 Å². The number of carbonyl (C=O) groups is 1. The van der Waals surface area contributed by atoms with Gasteiger partial charge in [0.25, 0.3) is 5.91 Å². The summed E-state index contributed by atoms with van der Waals surface area (Å²) in [5.74, 6) is 0.455. The number of anilines is 1. The largest absolute Gasteiger partial charge is 0.496 e. The molecule has 8 heteroatoms. The molecule has 0 aliphatic rings. The van der Waals surface area contributed by atoms with E-state index in [0.717, 1.165) is 23.3 Å². The van der Waals surface area contributed by atoms with E-state index in [1.165, 1.54) is 25.3 Å². The average molecular weight is 464 g/mol. The molecule has 0 saturated heterocycles. The van der Waals surface area contributed by atoms with E-state index >= 15 is 0 Å². The number of aryl methyl sites for hydroxylation is 2. The number of alkyl halides is 3. The molecule has 4 nitrogen and oxygen atoms in total. The number of benzene rings is 3. The summed E-state index contributed by atoms with van der Waals surface area (Å²) in [4.78, 5) is 12.7. The Morgan fingerprint density at radius 3 is 2.31 bits per heavy atom. The Balaban J connectivity index is 1.84. The van der Waals surface area contributed by atoms with Crippen LogP contribution >= 0.6 is 11.6 Å². The smallest absolute Gasteiger partial charge is 0.418 e. The standard InChI is InChI=1S/C24H21ClF3NO3/c1-14-8-15(2)10-19(9-14)32-13-17-11-16(4-7-22(17)31-3)23(30)29-21-6-5-18(25)12-20(21)24(26,27)28/h4-12H,13H2,1-3H3,(H,29,30). The van der Waals surface area contributed by atoms with E-state index in [4.69, 9.17) is 21.1 Å². The predicted molar refractivity (Wildman–Crippen MR) is 118 cm³/mol. The molecule has 0 spiro atoms. The molecule has 3 aromatic carbocycles. The van der Waals surface area contributed by atoms with Crippen molar-refractivity contribution in [2.75, 3.05) is 12.4 Å². The van der Waals surface area contributed by atoms with Crippen molar-refractivity contribution in [3.8, 4) is 11.5 Å². The van der Waals surface area contributed by atoms with Crippen LogP contribution in [0.3, 0.4) is 0 Å². The van der Waals surface area contributed by atoms with Gasteiger partial charge in [0, 0.05) is 16.1 Å². The molecule has 0 aliphatic carbocycles. The minimum absolute atomic E-state index is 0.0782. The van der Waals surface area contributed by atoms with Gasteiger partial charge in [-0.2, -0.15) is 13.2 Å². The molecular formula is C24H21ClF3NO3.